The van der Waals surface area contributed by atoms with E-state index in [2.05, 4.69) is 47.6 Å². The highest BCUT2D eigenvalue weighted by molar-refractivity contribution is 5.13. The first-order valence-electron chi connectivity index (χ1n) is 5.98. The normalized spacial score (nSPS) is 33.1. The standard InChI is InChI=1S/C14H26O/c1-12(2,3)11-7-9-14(15,10-8-11)13(4,5)6/h7,9,11,15H,8,10H2,1-6H3. The first kappa shape index (κ1) is 12.8. The van der Waals surface area contributed by atoms with Crippen LogP contribution in [-0.2, 0) is 0 Å². The minimum Gasteiger partial charge on any atom is -0.385 e. The Morgan fingerprint density at radius 2 is 1.67 bits per heavy atom. The van der Waals surface area contributed by atoms with Crippen molar-refractivity contribution >= 4 is 0 Å². The molecule has 0 saturated heterocycles. The third-order valence-electron chi connectivity index (χ3n) is 3.85. The molecule has 15 heavy (non-hydrogen) atoms. The average molecular weight is 210 g/mol. The van der Waals surface area contributed by atoms with Crippen LogP contribution in [0.2, 0.25) is 0 Å². The van der Waals surface area contributed by atoms with E-state index in [1.165, 1.54) is 0 Å². The van der Waals surface area contributed by atoms with E-state index < -0.39 is 5.60 Å². The molecule has 0 radical (unpaired) electrons. The summed E-state index contributed by atoms with van der Waals surface area (Å²) in [5.74, 6) is 0.597. The van der Waals surface area contributed by atoms with Gasteiger partial charge in [-0.3, -0.25) is 0 Å². The maximum Gasteiger partial charge on any atom is 0.0876 e. The lowest BCUT2D eigenvalue weighted by molar-refractivity contribution is -0.0336. The van der Waals surface area contributed by atoms with Gasteiger partial charge >= 0.3 is 0 Å². The molecule has 2 unspecified atom stereocenters. The van der Waals surface area contributed by atoms with Crippen LogP contribution in [-0.4, -0.2) is 10.7 Å². The van der Waals surface area contributed by atoms with Crippen molar-refractivity contribution in [1.82, 2.24) is 0 Å². The number of aliphatic hydroxyl groups is 1. The van der Waals surface area contributed by atoms with Gasteiger partial charge in [-0.05, 0) is 29.6 Å². The summed E-state index contributed by atoms with van der Waals surface area (Å²) in [6.45, 7) is 13.1. The van der Waals surface area contributed by atoms with Crippen molar-refractivity contribution in [3.8, 4) is 0 Å². The number of rotatable bonds is 0. The fourth-order valence-electron chi connectivity index (χ4n) is 2.18. The summed E-state index contributed by atoms with van der Waals surface area (Å²) in [5, 5.41) is 10.5. The summed E-state index contributed by atoms with van der Waals surface area (Å²) >= 11 is 0. The summed E-state index contributed by atoms with van der Waals surface area (Å²) in [6, 6.07) is 0. The van der Waals surface area contributed by atoms with Crippen molar-refractivity contribution in [3.05, 3.63) is 12.2 Å². The number of hydrogen-bond donors (Lipinski definition) is 1. The third-order valence-corrected chi connectivity index (χ3v) is 3.85. The van der Waals surface area contributed by atoms with Crippen LogP contribution in [0.15, 0.2) is 12.2 Å². The SMILES string of the molecule is CC(C)(C)C1C=CC(O)(C(C)(C)C)CC1. The van der Waals surface area contributed by atoms with Crippen molar-refractivity contribution < 1.29 is 5.11 Å². The van der Waals surface area contributed by atoms with E-state index in [1.54, 1.807) is 0 Å². The monoisotopic (exact) mass is 210 g/mol. The van der Waals surface area contributed by atoms with E-state index >= 15 is 0 Å². The van der Waals surface area contributed by atoms with Gasteiger partial charge in [-0.2, -0.15) is 0 Å². The molecule has 2 atom stereocenters. The fraction of sp³-hybridized carbons (Fsp3) is 0.857. The highest BCUT2D eigenvalue weighted by Gasteiger charge is 2.41. The van der Waals surface area contributed by atoms with E-state index in [1.807, 2.05) is 6.08 Å². The van der Waals surface area contributed by atoms with Crippen molar-refractivity contribution in [3.63, 3.8) is 0 Å². The van der Waals surface area contributed by atoms with Gasteiger partial charge in [0.1, 0.15) is 0 Å². The Kier molecular flexibility index (Phi) is 3.08. The van der Waals surface area contributed by atoms with Crippen LogP contribution in [0.4, 0.5) is 0 Å². The molecule has 1 nitrogen and oxygen atoms in total. The molecule has 0 amide bonds. The van der Waals surface area contributed by atoms with Crippen LogP contribution in [0.3, 0.4) is 0 Å². The molecular formula is C14H26O. The van der Waals surface area contributed by atoms with E-state index in [4.69, 9.17) is 0 Å². The number of allylic oxidation sites excluding steroid dienone is 1. The van der Waals surface area contributed by atoms with Gasteiger partial charge in [0.15, 0.2) is 0 Å². The Balaban J connectivity index is 2.83. The summed E-state index contributed by atoms with van der Waals surface area (Å²) in [6.07, 6.45) is 6.23. The highest BCUT2D eigenvalue weighted by atomic mass is 16.3. The molecule has 0 aliphatic heterocycles. The van der Waals surface area contributed by atoms with E-state index in [0.717, 1.165) is 12.8 Å². The lowest BCUT2D eigenvalue weighted by atomic mass is 9.66. The van der Waals surface area contributed by atoms with Gasteiger partial charge in [-0.15, -0.1) is 0 Å². The number of hydrogen-bond acceptors (Lipinski definition) is 1. The van der Waals surface area contributed by atoms with Crippen molar-refractivity contribution in [2.75, 3.05) is 0 Å². The maximum absolute atomic E-state index is 10.5. The van der Waals surface area contributed by atoms with Gasteiger partial charge < -0.3 is 5.11 Å². The van der Waals surface area contributed by atoms with Crippen molar-refractivity contribution in [2.24, 2.45) is 16.7 Å². The van der Waals surface area contributed by atoms with Crippen molar-refractivity contribution in [1.29, 1.82) is 0 Å². The van der Waals surface area contributed by atoms with Crippen LogP contribution in [0, 0.1) is 16.7 Å². The molecular weight excluding hydrogens is 184 g/mol. The second-order valence-corrected chi connectivity index (χ2v) is 7.04. The molecule has 0 fully saturated rings. The Morgan fingerprint density at radius 3 is 1.93 bits per heavy atom. The zero-order chi connectivity index (χ0) is 11.9. The van der Waals surface area contributed by atoms with Gasteiger partial charge in [0.25, 0.3) is 0 Å². The summed E-state index contributed by atoms with van der Waals surface area (Å²) < 4.78 is 0. The Hall–Kier alpha value is -0.300. The first-order valence-corrected chi connectivity index (χ1v) is 5.98. The van der Waals surface area contributed by atoms with Crippen molar-refractivity contribution in [2.45, 2.75) is 60.0 Å². The summed E-state index contributed by atoms with van der Waals surface area (Å²) in [5.41, 5.74) is -0.364. The largest absolute Gasteiger partial charge is 0.385 e. The predicted octanol–water partition coefficient (Wildman–Crippen LogP) is 3.78. The molecule has 1 heteroatoms. The lowest BCUT2D eigenvalue weighted by Crippen LogP contribution is -2.44. The topological polar surface area (TPSA) is 20.2 Å². The minimum atomic E-state index is -0.616. The second-order valence-electron chi connectivity index (χ2n) is 7.04. The zero-order valence-electron chi connectivity index (χ0n) is 11.1. The van der Waals surface area contributed by atoms with Gasteiger partial charge in [0, 0.05) is 0 Å². The van der Waals surface area contributed by atoms with Crippen LogP contribution < -0.4 is 0 Å². The van der Waals surface area contributed by atoms with Crippen LogP contribution in [0.1, 0.15) is 54.4 Å². The van der Waals surface area contributed by atoms with Crippen LogP contribution >= 0.6 is 0 Å². The molecule has 0 spiro atoms. The highest BCUT2D eigenvalue weighted by Crippen LogP contribution is 2.43. The molecule has 0 saturated carbocycles. The average Bonchev–Trinajstić information content (AvgIpc) is 2.01. The molecule has 0 heterocycles. The Labute approximate surface area is 94.6 Å². The summed E-state index contributed by atoms with van der Waals surface area (Å²) in [7, 11) is 0. The van der Waals surface area contributed by atoms with Gasteiger partial charge in [-0.1, -0.05) is 53.7 Å². The third kappa shape index (κ3) is 2.63. The van der Waals surface area contributed by atoms with Crippen LogP contribution in [0.25, 0.3) is 0 Å². The zero-order valence-corrected chi connectivity index (χ0v) is 11.1. The Bertz CT molecular complexity index is 251. The molecule has 0 bridgehead atoms. The van der Waals surface area contributed by atoms with Gasteiger partial charge in [0.2, 0.25) is 0 Å². The fourth-order valence-corrected chi connectivity index (χ4v) is 2.18. The van der Waals surface area contributed by atoms with E-state index in [9.17, 15) is 5.11 Å². The maximum atomic E-state index is 10.5. The molecule has 0 aromatic heterocycles. The van der Waals surface area contributed by atoms with Gasteiger partial charge in [0.05, 0.1) is 5.60 Å². The van der Waals surface area contributed by atoms with Crippen LogP contribution in [0.5, 0.6) is 0 Å². The molecule has 1 aliphatic carbocycles. The molecule has 0 aromatic rings. The Morgan fingerprint density at radius 1 is 1.13 bits per heavy atom. The van der Waals surface area contributed by atoms with Gasteiger partial charge in [-0.25, -0.2) is 0 Å². The molecule has 0 aromatic carbocycles. The summed E-state index contributed by atoms with van der Waals surface area (Å²) in [4.78, 5) is 0. The smallest absolute Gasteiger partial charge is 0.0876 e. The second kappa shape index (κ2) is 3.62. The first-order chi connectivity index (χ1) is 6.56. The quantitative estimate of drug-likeness (QED) is 0.603. The molecule has 1 rings (SSSR count). The molecule has 1 N–H and O–H groups in total. The lowest BCUT2D eigenvalue weighted by Gasteiger charge is -2.43. The van der Waals surface area contributed by atoms with E-state index in [0.29, 0.717) is 11.3 Å². The predicted molar refractivity (Wildman–Crippen MR) is 65.7 cm³/mol. The molecule has 1 aliphatic rings. The van der Waals surface area contributed by atoms with E-state index in [-0.39, 0.29) is 5.41 Å². The minimum absolute atomic E-state index is 0.0631. The molecule has 88 valence electrons.